The summed E-state index contributed by atoms with van der Waals surface area (Å²) in [5.41, 5.74) is -2.64. The number of H-pyrrole nitrogens is 1. The summed E-state index contributed by atoms with van der Waals surface area (Å²) in [6, 6.07) is 13.2. The largest absolute Gasteiger partial charge is 0.463 e. The predicted octanol–water partition coefficient (Wildman–Crippen LogP) is 3.94. The van der Waals surface area contributed by atoms with Crippen molar-refractivity contribution in [1.82, 2.24) is 9.55 Å². The van der Waals surface area contributed by atoms with Crippen LogP contribution in [0.15, 0.2) is 59.5 Å². The number of fused-ring (bicyclic) bond motifs is 1. The Morgan fingerprint density at radius 1 is 1.25 bits per heavy atom. The molecule has 3 aromatic rings. The van der Waals surface area contributed by atoms with E-state index >= 15 is 0 Å². The number of aliphatic hydroxyl groups excluding tert-OH is 1. The molecule has 40 heavy (non-hydrogen) atoms. The molecule has 0 aliphatic carbocycles. The van der Waals surface area contributed by atoms with Crippen LogP contribution in [0.4, 0.5) is 0 Å². The molecule has 3 N–H and O–H groups in total. The van der Waals surface area contributed by atoms with Crippen LogP contribution in [0.5, 0.6) is 5.75 Å². The van der Waals surface area contributed by atoms with Gasteiger partial charge in [-0.15, -0.1) is 0 Å². The lowest BCUT2D eigenvalue weighted by molar-refractivity contribution is -0.151. The van der Waals surface area contributed by atoms with Gasteiger partial charge in [0.1, 0.15) is 23.6 Å². The molecule has 1 aromatic heterocycles. The quantitative estimate of drug-likeness (QED) is 0.179. The highest BCUT2D eigenvalue weighted by Crippen LogP contribution is 2.52. The van der Waals surface area contributed by atoms with Gasteiger partial charge in [-0.1, -0.05) is 43.3 Å². The zero-order valence-electron chi connectivity index (χ0n) is 24.3. The number of rotatable bonds is 10. The number of ether oxygens (including phenoxy) is 2. The number of aromatic nitrogens is 2. The van der Waals surface area contributed by atoms with Crippen LogP contribution in [0.1, 0.15) is 36.7 Å². The van der Waals surface area contributed by atoms with Crippen molar-refractivity contribution in [2.24, 2.45) is 5.92 Å². The van der Waals surface area contributed by atoms with Gasteiger partial charge >= 0.3 is 13.6 Å². The summed E-state index contributed by atoms with van der Waals surface area (Å²) in [5, 5.41) is 23.5. The average Bonchev–Trinajstić information content (AvgIpc) is 3.12. The Balaban J connectivity index is 1.70. The summed E-state index contributed by atoms with van der Waals surface area (Å²) < 4.78 is 55.2. The molecule has 0 saturated carbocycles. The van der Waals surface area contributed by atoms with Crippen molar-refractivity contribution < 1.29 is 40.8 Å². The maximum absolute atomic E-state index is 14.4. The van der Waals surface area contributed by atoms with Gasteiger partial charge in [0.15, 0.2) is 11.0 Å². The molecule has 0 bridgehead atoms. The van der Waals surface area contributed by atoms with E-state index in [1.54, 1.807) is 38.1 Å². The van der Waals surface area contributed by atoms with Crippen molar-refractivity contribution in [3.8, 4) is 5.75 Å². The second kappa shape index (κ2) is 11.9. The molecule has 6 atom stereocenters. The highest BCUT2D eigenvalue weighted by Gasteiger charge is 2.53. The van der Waals surface area contributed by atoms with Crippen molar-refractivity contribution in [2.45, 2.75) is 57.8 Å². The molecule has 11 nitrogen and oxygen atoms in total. The fraction of sp³-hybridized carbons (Fsp3) is 0.444. The SMILES string of the molecule is [2H]C([2H])(O[P@](=O)(C[C@@H](C)C(=O)OC(C)C)Oc1cccc2ccccc12)[C@H]1O[C@@H](n2ccc(=O)[nH]c2=S)C(C)(O)[C@H]1O. The normalized spacial score (nSPS) is 26.1. The number of aromatic amines is 1. The van der Waals surface area contributed by atoms with E-state index in [0.29, 0.717) is 5.39 Å². The number of esters is 1. The van der Waals surface area contributed by atoms with E-state index in [4.69, 9.17) is 33.5 Å². The topological polar surface area (TPSA) is 149 Å². The number of nitrogens with zero attached hydrogens (tertiary/aromatic N) is 1. The highest BCUT2D eigenvalue weighted by molar-refractivity contribution is 7.71. The Labute approximate surface area is 239 Å². The van der Waals surface area contributed by atoms with E-state index in [1.165, 1.54) is 26.1 Å². The molecule has 1 saturated heterocycles. The number of carbonyl (C=O) groups excluding carboxylic acids is 1. The molecule has 1 unspecified atom stereocenters. The monoisotopic (exact) mass is 594 g/mol. The lowest BCUT2D eigenvalue weighted by Crippen LogP contribution is -2.44. The van der Waals surface area contributed by atoms with Crippen LogP contribution >= 0.6 is 19.8 Å². The van der Waals surface area contributed by atoms with Gasteiger partial charge in [0.2, 0.25) is 0 Å². The number of hydrogen-bond donors (Lipinski definition) is 3. The van der Waals surface area contributed by atoms with Crippen molar-refractivity contribution in [3.63, 3.8) is 0 Å². The van der Waals surface area contributed by atoms with Gasteiger partial charge in [-0.25, -0.2) is 4.57 Å². The van der Waals surface area contributed by atoms with E-state index in [2.05, 4.69) is 4.98 Å². The Bertz CT molecular complexity index is 1620. The smallest absolute Gasteiger partial charge is 0.380 e. The first-order valence-corrected chi connectivity index (χ1v) is 14.7. The molecule has 1 aliphatic heterocycles. The third kappa shape index (κ3) is 6.54. The average molecular weight is 595 g/mol. The van der Waals surface area contributed by atoms with Gasteiger partial charge in [0.25, 0.3) is 5.56 Å². The molecule has 0 spiro atoms. The summed E-state index contributed by atoms with van der Waals surface area (Å²) in [5.74, 6) is -1.61. The second-order valence-corrected chi connectivity index (χ2v) is 12.4. The van der Waals surface area contributed by atoms with Gasteiger partial charge < -0.3 is 24.2 Å². The van der Waals surface area contributed by atoms with Gasteiger partial charge in [0, 0.05) is 17.6 Å². The molecular formula is C27H33N2O9PS. The van der Waals surface area contributed by atoms with Crippen molar-refractivity contribution in [1.29, 1.82) is 0 Å². The van der Waals surface area contributed by atoms with Crippen LogP contribution in [0, 0.1) is 10.7 Å². The molecule has 2 aromatic carbocycles. The third-order valence-electron chi connectivity index (χ3n) is 6.31. The molecule has 1 aliphatic rings. The number of hydrogen-bond acceptors (Lipinski definition) is 10. The van der Waals surface area contributed by atoms with E-state index in [0.717, 1.165) is 16.0 Å². The van der Waals surface area contributed by atoms with Gasteiger partial charge in [0.05, 0.1) is 27.5 Å². The van der Waals surface area contributed by atoms with Gasteiger partial charge in [-0.2, -0.15) is 0 Å². The summed E-state index contributed by atoms with van der Waals surface area (Å²) in [4.78, 5) is 26.6. The second-order valence-electron chi connectivity index (χ2n) is 10.1. The molecule has 0 radical (unpaired) electrons. The van der Waals surface area contributed by atoms with Crippen LogP contribution < -0.4 is 10.1 Å². The first kappa shape index (κ1) is 27.3. The Morgan fingerprint density at radius 2 is 1.95 bits per heavy atom. The minimum atomic E-state index is -4.57. The molecule has 2 heterocycles. The lowest BCUT2D eigenvalue weighted by Gasteiger charge is -2.28. The zero-order valence-corrected chi connectivity index (χ0v) is 24.1. The standard InChI is InChI=1S/C27H33N2O9PS/c1-16(2)36-24(32)17(3)15-39(34,38-20-11-7-9-18-8-5-6-10-19(18)20)35-14-21-23(31)27(4,33)25(37-21)29-13-12-22(30)28-26(29)40/h5-13,16-17,21,23,25,31,33H,14-15H2,1-4H3,(H,28,30,40)/t17-,21-,23+,25-,27?,39-/m1/s1/i14D2. The zero-order chi connectivity index (χ0) is 31.0. The number of aliphatic hydroxyl groups is 2. The van der Waals surface area contributed by atoms with Gasteiger partial charge in [-0.05, 0) is 44.4 Å². The maximum atomic E-state index is 14.4. The maximum Gasteiger partial charge on any atom is 0.380 e. The number of benzene rings is 2. The van der Waals surface area contributed by atoms with Crippen molar-refractivity contribution in [3.05, 3.63) is 69.9 Å². The minimum absolute atomic E-state index is 0.119. The van der Waals surface area contributed by atoms with E-state index in [-0.39, 0.29) is 10.5 Å². The van der Waals surface area contributed by atoms with E-state index in [9.17, 15) is 24.4 Å². The summed E-state index contributed by atoms with van der Waals surface area (Å²) in [7, 11) is -4.57. The van der Waals surface area contributed by atoms with Crippen LogP contribution in [0.2, 0.25) is 0 Å². The van der Waals surface area contributed by atoms with E-state index < -0.39 is 67.9 Å². The Morgan fingerprint density at radius 3 is 2.65 bits per heavy atom. The Hall–Kier alpha value is -2.86. The summed E-state index contributed by atoms with van der Waals surface area (Å²) in [6.07, 6.45) is -5.09. The fourth-order valence-electron chi connectivity index (χ4n) is 4.26. The Kier molecular flexibility index (Phi) is 8.15. The van der Waals surface area contributed by atoms with Crippen LogP contribution in [-0.4, -0.2) is 62.4 Å². The number of carbonyl (C=O) groups is 1. The molecule has 13 heteroatoms. The first-order chi connectivity index (χ1) is 19.5. The highest BCUT2D eigenvalue weighted by atomic mass is 32.1. The molecule has 1 fully saturated rings. The van der Waals surface area contributed by atoms with Crippen LogP contribution in [-0.2, 0) is 23.4 Å². The summed E-state index contributed by atoms with van der Waals surface area (Å²) in [6.45, 7) is 2.91. The fourth-order valence-corrected chi connectivity index (χ4v) is 6.25. The van der Waals surface area contributed by atoms with Crippen molar-refractivity contribution >= 4 is 36.6 Å². The number of nitrogens with one attached hydrogen (secondary N) is 1. The summed E-state index contributed by atoms with van der Waals surface area (Å²) >= 11 is 5.15. The van der Waals surface area contributed by atoms with E-state index in [1.807, 2.05) is 12.1 Å². The first-order valence-electron chi connectivity index (χ1n) is 13.6. The molecule has 216 valence electrons. The molecular weight excluding hydrogens is 559 g/mol. The predicted molar refractivity (Wildman–Crippen MR) is 150 cm³/mol. The molecule has 4 rings (SSSR count). The van der Waals surface area contributed by atoms with Crippen LogP contribution in [0.25, 0.3) is 10.8 Å². The lowest BCUT2D eigenvalue weighted by atomic mass is 9.96. The minimum Gasteiger partial charge on any atom is -0.463 e. The third-order valence-corrected chi connectivity index (χ3v) is 8.48. The molecule has 0 amide bonds. The van der Waals surface area contributed by atoms with Crippen LogP contribution in [0.3, 0.4) is 0 Å². The van der Waals surface area contributed by atoms with Gasteiger partial charge in [-0.3, -0.25) is 23.7 Å². The van der Waals surface area contributed by atoms with Crippen molar-refractivity contribution in [2.75, 3.05) is 12.7 Å².